The lowest BCUT2D eigenvalue weighted by Crippen LogP contribution is -2.48. The van der Waals surface area contributed by atoms with Crippen LogP contribution in [0.25, 0.3) is 0 Å². The highest BCUT2D eigenvalue weighted by molar-refractivity contribution is 7.15. The molecule has 1 N–H and O–H groups in total. The largest absolute Gasteiger partial charge is 0.391 e. The first-order valence-corrected chi connectivity index (χ1v) is 7.78. The predicted octanol–water partition coefficient (Wildman–Crippen LogP) is 2.76. The molecule has 0 bridgehead atoms. The van der Waals surface area contributed by atoms with E-state index in [4.69, 9.17) is 9.72 Å². The second-order valence-corrected chi connectivity index (χ2v) is 6.86. The molecule has 0 amide bonds. The van der Waals surface area contributed by atoms with E-state index in [1.807, 2.05) is 0 Å². The van der Waals surface area contributed by atoms with Gasteiger partial charge in [-0.15, -0.1) is 0 Å². The molecule has 4 nitrogen and oxygen atoms in total. The summed E-state index contributed by atoms with van der Waals surface area (Å²) in [5.74, 6) is 0.404. The van der Waals surface area contributed by atoms with Gasteiger partial charge in [0.05, 0.1) is 29.4 Å². The molecule has 1 fully saturated rings. The monoisotopic (exact) mass is 284 g/mol. The molecule has 1 aliphatic rings. The number of hydrogen-bond donors (Lipinski definition) is 1. The van der Waals surface area contributed by atoms with E-state index < -0.39 is 0 Å². The fraction of sp³-hybridized carbons (Fsp3) is 0.786. The third-order valence-corrected chi connectivity index (χ3v) is 4.75. The Hall–Kier alpha value is -0.650. The van der Waals surface area contributed by atoms with Crippen LogP contribution in [-0.4, -0.2) is 35.4 Å². The molecule has 0 spiro atoms. The minimum atomic E-state index is -0.125. The Morgan fingerprint density at radius 3 is 2.84 bits per heavy atom. The van der Waals surface area contributed by atoms with Gasteiger partial charge in [0.2, 0.25) is 0 Å². The van der Waals surface area contributed by atoms with Crippen LogP contribution in [0, 0.1) is 0 Å². The maximum atomic E-state index is 9.50. The van der Waals surface area contributed by atoms with Crippen LogP contribution in [0.1, 0.15) is 50.6 Å². The molecule has 108 valence electrons. The Kier molecular flexibility index (Phi) is 4.48. The average Bonchev–Trinajstić information content (AvgIpc) is 2.80. The first-order chi connectivity index (χ1) is 8.96. The summed E-state index contributed by atoms with van der Waals surface area (Å²) in [7, 11) is 0. The number of ether oxygens (including phenoxy) is 1. The van der Waals surface area contributed by atoms with Gasteiger partial charge in [0, 0.05) is 13.1 Å². The fourth-order valence-corrected chi connectivity index (χ4v) is 3.42. The van der Waals surface area contributed by atoms with Crippen LogP contribution in [0.5, 0.6) is 0 Å². The van der Waals surface area contributed by atoms with Crippen LogP contribution in [0.2, 0.25) is 0 Å². The van der Waals surface area contributed by atoms with Gasteiger partial charge in [-0.2, -0.15) is 0 Å². The number of thiazole rings is 1. The van der Waals surface area contributed by atoms with Crippen LogP contribution in [0.4, 0.5) is 5.13 Å². The number of nitrogens with zero attached hydrogens (tertiary/aromatic N) is 2. The lowest BCUT2D eigenvalue weighted by molar-refractivity contribution is -0.0277. The Morgan fingerprint density at radius 1 is 1.53 bits per heavy atom. The second-order valence-electron chi connectivity index (χ2n) is 5.80. The van der Waals surface area contributed by atoms with Crippen LogP contribution in [0.15, 0.2) is 0 Å². The van der Waals surface area contributed by atoms with Crippen molar-refractivity contribution in [1.29, 1.82) is 0 Å². The molecule has 1 unspecified atom stereocenters. The lowest BCUT2D eigenvalue weighted by atomic mass is 10.0. The van der Waals surface area contributed by atoms with E-state index in [-0.39, 0.29) is 12.2 Å². The number of hydrogen-bond acceptors (Lipinski definition) is 5. The predicted molar refractivity (Wildman–Crippen MR) is 79.0 cm³/mol. The zero-order valence-corrected chi connectivity index (χ0v) is 13.1. The summed E-state index contributed by atoms with van der Waals surface area (Å²) in [6.07, 6.45) is 1.05. The van der Waals surface area contributed by atoms with E-state index in [9.17, 15) is 5.11 Å². The topological polar surface area (TPSA) is 45.6 Å². The standard InChI is InChI=1S/C14H24N2O2S/c1-5-10(2)12-11(8-17)19-13(15-12)16-6-7-18-14(3,4)9-16/h10,17H,5-9H2,1-4H3. The molecule has 5 heteroatoms. The molecular formula is C14H24N2O2S. The third kappa shape index (κ3) is 3.27. The Bertz CT molecular complexity index is 431. The van der Waals surface area contributed by atoms with Crippen molar-refractivity contribution in [2.75, 3.05) is 24.6 Å². The first-order valence-electron chi connectivity index (χ1n) is 6.96. The Balaban J connectivity index is 2.23. The molecule has 0 radical (unpaired) electrons. The molecule has 0 aliphatic carbocycles. The van der Waals surface area contributed by atoms with Gasteiger partial charge in [0.1, 0.15) is 0 Å². The van der Waals surface area contributed by atoms with Gasteiger partial charge >= 0.3 is 0 Å². The molecule has 1 aromatic rings. The van der Waals surface area contributed by atoms with Crippen molar-refractivity contribution in [3.8, 4) is 0 Å². The lowest BCUT2D eigenvalue weighted by Gasteiger charge is -2.38. The van der Waals surface area contributed by atoms with Crippen LogP contribution in [0.3, 0.4) is 0 Å². The Morgan fingerprint density at radius 2 is 2.26 bits per heavy atom. The van der Waals surface area contributed by atoms with Gasteiger partial charge < -0.3 is 14.7 Å². The zero-order chi connectivity index (χ0) is 14.0. The van der Waals surface area contributed by atoms with E-state index in [2.05, 4.69) is 32.6 Å². The van der Waals surface area contributed by atoms with E-state index >= 15 is 0 Å². The summed E-state index contributed by atoms with van der Waals surface area (Å²) in [5.41, 5.74) is 0.939. The highest BCUT2D eigenvalue weighted by Gasteiger charge is 2.29. The molecule has 19 heavy (non-hydrogen) atoms. The molecule has 1 atom stereocenters. The van der Waals surface area contributed by atoms with Crippen molar-refractivity contribution in [3.63, 3.8) is 0 Å². The molecule has 2 rings (SSSR count). The van der Waals surface area contributed by atoms with Gasteiger partial charge in [-0.1, -0.05) is 25.2 Å². The van der Waals surface area contributed by atoms with Gasteiger partial charge in [0.25, 0.3) is 0 Å². The number of rotatable bonds is 4. The SMILES string of the molecule is CCC(C)c1nc(N2CCOC(C)(C)C2)sc1CO. The Labute approximate surface area is 119 Å². The van der Waals surface area contributed by atoms with E-state index in [0.29, 0.717) is 5.92 Å². The van der Waals surface area contributed by atoms with Crippen LogP contribution in [-0.2, 0) is 11.3 Å². The van der Waals surface area contributed by atoms with Gasteiger partial charge in [-0.05, 0) is 26.2 Å². The number of aliphatic hydroxyl groups excluding tert-OH is 1. The second kappa shape index (κ2) is 5.77. The molecule has 0 saturated carbocycles. The van der Waals surface area contributed by atoms with E-state index in [1.54, 1.807) is 11.3 Å². The summed E-state index contributed by atoms with van der Waals surface area (Å²) in [5, 5.41) is 10.5. The number of anilines is 1. The summed E-state index contributed by atoms with van der Waals surface area (Å²) >= 11 is 1.62. The first kappa shape index (κ1) is 14.8. The maximum absolute atomic E-state index is 9.50. The third-order valence-electron chi connectivity index (χ3n) is 3.64. The molecule has 1 aliphatic heterocycles. The van der Waals surface area contributed by atoms with Crippen molar-refractivity contribution < 1.29 is 9.84 Å². The van der Waals surface area contributed by atoms with Crippen molar-refractivity contribution in [2.24, 2.45) is 0 Å². The smallest absolute Gasteiger partial charge is 0.186 e. The van der Waals surface area contributed by atoms with Gasteiger partial charge in [-0.25, -0.2) is 4.98 Å². The van der Waals surface area contributed by atoms with Crippen molar-refractivity contribution in [1.82, 2.24) is 4.98 Å². The van der Waals surface area contributed by atoms with E-state index in [1.165, 1.54) is 0 Å². The van der Waals surface area contributed by atoms with E-state index in [0.717, 1.165) is 41.8 Å². The highest BCUT2D eigenvalue weighted by atomic mass is 32.1. The summed E-state index contributed by atoms with van der Waals surface area (Å²) in [4.78, 5) is 8.05. The number of aromatic nitrogens is 1. The minimum absolute atomic E-state index is 0.0884. The highest BCUT2D eigenvalue weighted by Crippen LogP contribution is 2.33. The molecule has 1 saturated heterocycles. The van der Waals surface area contributed by atoms with Gasteiger partial charge in [0.15, 0.2) is 5.13 Å². The van der Waals surface area contributed by atoms with Crippen molar-refractivity contribution in [3.05, 3.63) is 10.6 Å². The number of morpholine rings is 1. The summed E-state index contributed by atoms with van der Waals surface area (Å²) in [6.45, 7) is 11.1. The molecule has 0 aromatic carbocycles. The molecular weight excluding hydrogens is 260 g/mol. The maximum Gasteiger partial charge on any atom is 0.186 e. The summed E-state index contributed by atoms with van der Waals surface area (Å²) in [6, 6.07) is 0. The van der Waals surface area contributed by atoms with Crippen LogP contribution >= 0.6 is 11.3 Å². The average molecular weight is 284 g/mol. The minimum Gasteiger partial charge on any atom is -0.391 e. The van der Waals surface area contributed by atoms with Gasteiger partial charge in [-0.3, -0.25) is 0 Å². The number of aliphatic hydroxyl groups is 1. The summed E-state index contributed by atoms with van der Waals surface area (Å²) < 4.78 is 5.73. The van der Waals surface area contributed by atoms with Crippen LogP contribution < -0.4 is 4.90 Å². The fourth-order valence-electron chi connectivity index (χ4n) is 2.36. The quantitative estimate of drug-likeness (QED) is 0.923. The molecule has 2 heterocycles. The van der Waals surface area contributed by atoms with Crippen molar-refractivity contribution >= 4 is 16.5 Å². The zero-order valence-electron chi connectivity index (χ0n) is 12.3. The van der Waals surface area contributed by atoms with Crippen molar-refractivity contribution in [2.45, 2.75) is 52.2 Å². The normalized spacial score (nSPS) is 20.6. The molecule has 1 aromatic heterocycles.